The quantitative estimate of drug-likeness (QED) is 0.537. The maximum atomic E-state index is 13.9. The first-order valence-electron chi connectivity index (χ1n) is 13.8. The number of H-pyrrole nitrogens is 1. The maximum Gasteiger partial charge on any atom is 0.246 e. The molecule has 1 aliphatic carbocycles. The van der Waals surface area contributed by atoms with Crippen LogP contribution >= 0.6 is 0 Å². The van der Waals surface area contributed by atoms with Gasteiger partial charge in [-0.05, 0) is 51.0 Å². The first-order valence-corrected chi connectivity index (χ1v) is 13.8. The molecule has 37 heavy (non-hydrogen) atoms. The number of carbonyl (C=O) groups is 3. The summed E-state index contributed by atoms with van der Waals surface area (Å²) in [5, 5.41) is 6.29. The number of nitrogens with one attached hydrogen (secondary N) is 3. The Bertz CT molecular complexity index is 1090. The number of aromatic amines is 1. The van der Waals surface area contributed by atoms with Crippen LogP contribution in [-0.4, -0.2) is 56.8 Å². The molecule has 3 fully saturated rings. The fourth-order valence-corrected chi connectivity index (χ4v) is 6.89. The molecule has 3 amide bonds. The molecule has 3 N–H and O–H groups in total. The zero-order valence-electron chi connectivity index (χ0n) is 22.0. The van der Waals surface area contributed by atoms with Crippen LogP contribution in [0.5, 0.6) is 0 Å². The van der Waals surface area contributed by atoms with Crippen molar-refractivity contribution in [3.8, 4) is 0 Å². The van der Waals surface area contributed by atoms with Crippen molar-refractivity contribution in [3.05, 3.63) is 53.6 Å². The average Bonchev–Trinajstić information content (AvgIpc) is 3.49. The number of rotatable bonds is 7. The van der Waals surface area contributed by atoms with Crippen LogP contribution in [0.25, 0.3) is 0 Å². The lowest BCUT2D eigenvalue weighted by molar-refractivity contribution is -0.140. The number of amides is 3. The van der Waals surface area contributed by atoms with Gasteiger partial charge in [-0.3, -0.25) is 14.4 Å². The SMILES string of the molecule is CC(=O)N[C@H](Cc1cnc[nH]1)C(=O)N1[C@H]2CC[C@H]1CC(NC(=O)C1(c3ccc(C)cc3)CCCCC1)C2. The summed E-state index contributed by atoms with van der Waals surface area (Å²) in [4.78, 5) is 48.5. The highest BCUT2D eigenvalue weighted by Gasteiger charge is 2.47. The van der Waals surface area contributed by atoms with Gasteiger partial charge in [-0.2, -0.15) is 0 Å². The molecule has 0 radical (unpaired) electrons. The van der Waals surface area contributed by atoms with Crippen LogP contribution in [0.1, 0.15) is 81.5 Å². The van der Waals surface area contributed by atoms with Crippen molar-refractivity contribution in [1.82, 2.24) is 25.5 Å². The number of carbonyl (C=O) groups excluding carboxylic acids is 3. The highest BCUT2D eigenvalue weighted by Crippen LogP contribution is 2.41. The maximum absolute atomic E-state index is 13.9. The van der Waals surface area contributed by atoms with Crippen molar-refractivity contribution in [3.63, 3.8) is 0 Å². The average molecular weight is 506 g/mol. The largest absolute Gasteiger partial charge is 0.352 e. The predicted molar refractivity (Wildman–Crippen MR) is 141 cm³/mol. The second kappa shape index (κ2) is 10.7. The normalized spacial score (nSPS) is 25.4. The van der Waals surface area contributed by atoms with Gasteiger partial charge in [-0.1, -0.05) is 49.1 Å². The predicted octanol–water partition coefficient (Wildman–Crippen LogP) is 3.31. The number of piperidine rings is 1. The lowest BCUT2D eigenvalue weighted by Crippen LogP contribution is -2.59. The van der Waals surface area contributed by atoms with E-state index in [2.05, 4.69) is 51.8 Å². The highest BCUT2D eigenvalue weighted by molar-refractivity contribution is 5.89. The molecular weight excluding hydrogens is 466 g/mol. The third-order valence-electron chi connectivity index (χ3n) is 8.72. The third kappa shape index (κ3) is 5.29. The summed E-state index contributed by atoms with van der Waals surface area (Å²) in [6.45, 7) is 3.52. The highest BCUT2D eigenvalue weighted by atomic mass is 16.2. The van der Waals surface area contributed by atoms with Gasteiger partial charge < -0.3 is 20.5 Å². The number of hydrogen-bond acceptors (Lipinski definition) is 4. The van der Waals surface area contributed by atoms with Crippen molar-refractivity contribution >= 4 is 17.7 Å². The minimum absolute atomic E-state index is 0.0366. The number of hydrogen-bond donors (Lipinski definition) is 3. The number of fused-ring (bicyclic) bond motifs is 2. The fraction of sp³-hybridized carbons (Fsp3) is 0.586. The van der Waals surface area contributed by atoms with Crippen molar-refractivity contribution in [2.24, 2.45) is 0 Å². The Hall–Kier alpha value is -3.16. The lowest BCUT2D eigenvalue weighted by atomic mass is 9.68. The van der Waals surface area contributed by atoms with E-state index >= 15 is 0 Å². The Morgan fingerprint density at radius 1 is 1.08 bits per heavy atom. The van der Waals surface area contributed by atoms with E-state index in [4.69, 9.17) is 0 Å². The van der Waals surface area contributed by atoms with Crippen molar-refractivity contribution < 1.29 is 14.4 Å². The van der Waals surface area contributed by atoms with Crippen LogP contribution < -0.4 is 10.6 Å². The Morgan fingerprint density at radius 2 is 1.76 bits per heavy atom. The van der Waals surface area contributed by atoms with Gasteiger partial charge in [0.1, 0.15) is 6.04 Å². The first kappa shape index (κ1) is 25.5. The van der Waals surface area contributed by atoms with E-state index in [1.54, 1.807) is 12.5 Å². The zero-order valence-corrected chi connectivity index (χ0v) is 22.0. The molecule has 2 aromatic rings. The standard InChI is InChI=1S/C29H39N5O3/c1-19-6-8-21(9-7-19)29(12-4-3-5-13-29)28(37)33-22-14-24-10-11-25(15-22)34(24)27(36)26(32-20(2)35)16-23-17-30-18-31-23/h6-9,17-18,22,24-26H,3-5,10-16H2,1-2H3,(H,30,31)(H,32,35)(H,33,37)/t24-,25-,26+/m0/s1. The molecule has 198 valence electrons. The molecule has 1 aromatic heterocycles. The van der Waals surface area contributed by atoms with Crippen LogP contribution in [0.2, 0.25) is 0 Å². The Labute approximate surface area is 219 Å². The second-order valence-corrected chi connectivity index (χ2v) is 11.3. The summed E-state index contributed by atoms with van der Waals surface area (Å²) >= 11 is 0. The van der Waals surface area contributed by atoms with Crippen molar-refractivity contribution in [1.29, 1.82) is 0 Å². The summed E-state index contributed by atoms with van der Waals surface area (Å²) in [5.41, 5.74) is 2.69. The fourth-order valence-electron chi connectivity index (χ4n) is 6.89. The number of aryl methyl sites for hydroxylation is 1. The number of imidazole rings is 1. The van der Waals surface area contributed by atoms with Crippen molar-refractivity contribution in [2.45, 2.75) is 108 Å². The van der Waals surface area contributed by atoms with Crippen LogP contribution in [0, 0.1) is 6.92 Å². The molecule has 8 heteroatoms. The summed E-state index contributed by atoms with van der Waals surface area (Å²) in [7, 11) is 0. The van der Waals surface area contributed by atoms with Crippen LogP contribution in [-0.2, 0) is 26.2 Å². The van der Waals surface area contributed by atoms with Gasteiger partial charge in [0.05, 0.1) is 11.7 Å². The molecule has 1 saturated carbocycles. The Kier molecular flexibility index (Phi) is 7.36. The summed E-state index contributed by atoms with van der Waals surface area (Å²) in [6.07, 6.45) is 12.1. The van der Waals surface area contributed by atoms with E-state index in [0.29, 0.717) is 6.42 Å². The molecule has 3 heterocycles. The number of benzene rings is 1. The van der Waals surface area contributed by atoms with E-state index in [0.717, 1.165) is 62.6 Å². The van der Waals surface area contributed by atoms with E-state index in [1.807, 2.05) is 4.90 Å². The monoisotopic (exact) mass is 505 g/mol. The van der Waals surface area contributed by atoms with Gasteiger partial charge >= 0.3 is 0 Å². The molecule has 2 bridgehead atoms. The van der Waals surface area contributed by atoms with Gasteiger partial charge in [0.15, 0.2) is 0 Å². The second-order valence-electron chi connectivity index (χ2n) is 11.3. The molecule has 0 spiro atoms. The minimum atomic E-state index is -0.626. The van der Waals surface area contributed by atoms with Gasteiger partial charge in [0.25, 0.3) is 0 Å². The van der Waals surface area contributed by atoms with Gasteiger partial charge in [0.2, 0.25) is 17.7 Å². The van der Waals surface area contributed by atoms with Gasteiger partial charge in [0, 0.05) is 43.4 Å². The third-order valence-corrected chi connectivity index (χ3v) is 8.72. The minimum Gasteiger partial charge on any atom is -0.352 e. The van der Waals surface area contributed by atoms with Crippen LogP contribution in [0.3, 0.4) is 0 Å². The molecule has 8 nitrogen and oxygen atoms in total. The zero-order chi connectivity index (χ0) is 26.0. The molecule has 3 aliphatic rings. The number of aromatic nitrogens is 2. The molecule has 1 aromatic carbocycles. The lowest BCUT2D eigenvalue weighted by Gasteiger charge is -2.43. The Morgan fingerprint density at radius 3 is 2.35 bits per heavy atom. The molecule has 2 aliphatic heterocycles. The first-order chi connectivity index (χ1) is 17.9. The van der Waals surface area contributed by atoms with E-state index in [-0.39, 0.29) is 35.8 Å². The van der Waals surface area contributed by atoms with Gasteiger partial charge in [-0.15, -0.1) is 0 Å². The summed E-state index contributed by atoms with van der Waals surface area (Å²) < 4.78 is 0. The molecule has 0 unspecified atom stereocenters. The van der Waals surface area contributed by atoms with E-state index in [1.165, 1.54) is 18.9 Å². The van der Waals surface area contributed by atoms with Crippen LogP contribution in [0.15, 0.2) is 36.8 Å². The van der Waals surface area contributed by atoms with Gasteiger partial charge in [-0.25, -0.2) is 4.98 Å². The molecule has 5 rings (SSSR count). The van der Waals surface area contributed by atoms with Crippen LogP contribution in [0.4, 0.5) is 0 Å². The Balaban J connectivity index is 1.28. The topological polar surface area (TPSA) is 107 Å². The smallest absolute Gasteiger partial charge is 0.246 e. The van der Waals surface area contributed by atoms with Crippen molar-refractivity contribution in [2.75, 3.05) is 0 Å². The summed E-state index contributed by atoms with van der Waals surface area (Å²) in [6, 6.07) is 8.08. The van der Waals surface area contributed by atoms with E-state index < -0.39 is 11.5 Å². The molecule has 2 saturated heterocycles. The molecule has 3 atom stereocenters. The number of nitrogens with zero attached hydrogens (tertiary/aromatic N) is 2. The molecular formula is C29H39N5O3. The van der Waals surface area contributed by atoms with E-state index in [9.17, 15) is 14.4 Å². The summed E-state index contributed by atoms with van der Waals surface area (Å²) in [5.74, 6) is -0.109.